The Labute approximate surface area is 192 Å². The van der Waals surface area contributed by atoms with E-state index in [-0.39, 0.29) is 34.6 Å². The number of nitro benzene ring substituents is 1. The van der Waals surface area contributed by atoms with Crippen LogP contribution >= 0.6 is 35.3 Å². The molecule has 0 atom stereocenters. The number of rotatable bonds is 7. The van der Waals surface area contributed by atoms with Crippen LogP contribution in [-0.4, -0.2) is 41.5 Å². The van der Waals surface area contributed by atoms with Crippen molar-refractivity contribution in [3.8, 4) is 0 Å². The van der Waals surface area contributed by atoms with Crippen LogP contribution in [0, 0.1) is 10.1 Å². The smallest absolute Gasteiger partial charge is 0.269 e. The quantitative estimate of drug-likeness (QED) is 0.186. The van der Waals surface area contributed by atoms with Gasteiger partial charge in [0.25, 0.3) is 5.69 Å². The lowest BCUT2D eigenvalue weighted by molar-refractivity contribution is -0.384. The number of nitrogens with zero attached hydrogens (tertiary/aromatic N) is 3. The zero-order chi connectivity index (χ0) is 19.8. The average molecular weight is 529 g/mol. The summed E-state index contributed by atoms with van der Waals surface area (Å²) in [7, 11) is 0. The molecule has 7 nitrogen and oxygen atoms in total. The summed E-state index contributed by atoms with van der Waals surface area (Å²) in [6.07, 6.45) is 2.15. The second kappa shape index (κ2) is 12.1. The lowest BCUT2D eigenvalue weighted by atomic mass is 10.0. The lowest BCUT2D eigenvalue weighted by Crippen LogP contribution is -2.48. The molecule has 1 saturated heterocycles. The Morgan fingerprint density at radius 2 is 2.10 bits per heavy atom. The van der Waals surface area contributed by atoms with E-state index >= 15 is 0 Å². The molecule has 0 spiro atoms. The molecule has 0 saturated carbocycles. The standard InChI is InChI=1S/C20H27N5O2S.HI/c1-2-21-20(22-13-16-4-3-5-19(12-16)25(26)27)23-18-6-9-24(10-7-18)14-17-8-11-28-15-17;/h3-5,8,11-12,15,18H,2,6-7,9-10,13-14H2,1H3,(H2,21,22,23);1H. The highest BCUT2D eigenvalue weighted by Gasteiger charge is 2.20. The molecule has 2 heterocycles. The number of nitro groups is 1. The molecule has 1 aromatic heterocycles. The minimum atomic E-state index is -0.374. The van der Waals surface area contributed by atoms with Crippen molar-refractivity contribution in [1.29, 1.82) is 0 Å². The summed E-state index contributed by atoms with van der Waals surface area (Å²) in [6.45, 7) is 6.38. The number of halogens is 1. The minimum absolute atomic E-state index is 0. The molecular formula is C20H28IN5O2S. The molecule has 1 aliphatic heterocycles. The van der Waals surface area contributed by atoms with Gasteiger partial charge in [-0.1, -0.05) is 12.1 Å². The molecular weight excluding hydrogens is 501 g/mol. The monoisotopic (exact) mass is 529 g/mol. The Balaban J connectivity index is 0.00000300. The highest BCUT2D eigenvalue weighted by molar-refractivity contribution is 14.0. The largest absolute Gasteiger partial charge is 0.357 e. The first kappa shape index (κ1) is 23.6. The number of hydrogen-bond donors (Lipinski definition) is 2. The lowest BCUT2D eigenvalue weighted by Gasteiger charge is -2.33. The number of thiophene rings is 1. The van der Waals surface area contributed by atoms with Crippen LogP contribution < -0.4 is 10.6 Å². The molecule has 0 bridgehead atoms. The van der Waals surface area contributed by atoms with Crippen LogP contribution in [-0.2, 0) is 13.1 Å². The number of guanidine groups is 1. The van der Waals surface area contributed by atoms with E-state index in [0.29, 0.717) is 12.6 Å². The topological polar surface area (TPSA) is 82.8 Å². The molecule has 2 N–H and O–H groups in total. The van der Waals surface area contributed by atoms with E-state index in [0.717, 1.165) is 50.5 Å². The predicted octanol–water partition coefficient (Wildman–Crippen LogP) is 3.99. The van der Waals surface area contributed by atoms with E-state index < -0.39 is 0 Å². The van der Waals surface area contributed by atoms with Crippen LogP contribution in [0.15, 0.2) is 46.1 Å². The normalized spacial score (nSPS) is 15.6. The molecule has 3 rings (SSSR count). The summed E-state index contributed by atoms with van der Waals surface area (Å²) in [5, 5.41) is 22.1. The molecule has 0 unspecified atom stereocenters. The van der Waals surface area contributed by atoms with Crippen molar-refractivity contribution >= 4 is 47.0 Å². The molecule has 0 radical (unpaired) electrons. The summed E-state index contributed by atoms with van der Waals surface area (Å²) < 4.78 is 0. The molecule has 0 amide bonds. The third-order valence-corrected chi connectivity index (χ3v) is 5.53. The van der Waals surface area contributed by atoms with Crippen LogP contribution in [0.5, 0.6) is 0 Å². The van der Waals surface area contributed by atoms with E-state index in [4.69, 9.17) is 0 Å². The Morgan fingerprint density at radius 1 is 1.31 bits per heavy atom. The van der Waals surface area contributed by atoms with E-state index in [2.05, 4.69) is 37.4 Å². The maximum atomic E-state index is 10.9. The third-order valence-electron chi connectivity index (χ3n) is 4.80. The van der Waals surface area contributed by atoms with Crippen molar-refractivity contribution in [2.24, 2.45) is 4.99 Å². The third kappa shape index (κ3) is 7.56. The molecule has 158 valence electrons. The SMILES string of the molecule is CCNC(=NCc1cccc([N+](=O)[O-])c1)NC1CCN(Cc2ccsc2)CC1.I. The van der Waals surface area contributed by atoms with Crippen LogP contribution in [0.1, 0.15) is 30.9 Å². The summed E-state index contributed by atoms with van der Waals surface area (Å²) >= 11 is 1.75. The van der Waals surface area contributed by atoms with Crippen LogP contribution in [0.25, 0.3) is 0 Å². The van der Waals surface area contributed by atoms with Crippen LogP contribution in [0.4, 0.5) is 5.69 Å². The molecule has 9 heteroatoms. The van der Waals surface area contributed by atoms with E-state index in [9.17, 15) is 10.1 Å². The van der Waals surface area contributed by atoms with Gasteiger partial charge < -0.3 is 10.6 Å². The van der Waals surface area contributed by atoms with E-state index in [1.165, 1.54) is 11.6 Å². The summed E-state index contributed by atoms with van der Waals surface area (Å²) in [6, 6.07) is 9.23. The Hall–Kier alpha value is -1.72. The highest BCUT2D eigenvalue weighted by atomic mass is 127. The molecule has 1 aliphatic rings. The first-order chi connectivity index (χ1) is 13.6. The van der Waals surface area contributed by atoms with Gasteiger partial charge >= 0.3 is 0 Å². The van der Waals surface area contributed by atoms with Crippen molar-refractivity contribution in [2.45, 2.75) is 38.9 Å². The van der Waals surface area contributed by atoms with Gasteiger partial charge in [-0.25, -0.2) is 4.99 Å². The van der Waals surface area contributed by atoms with Crippen molar-refractivity contribution in [1.82, 2.24) is 15.5 Å². The van der Waals surface area contributed by atoms with Gasteiger partial charge in [-0.15, -0.1) is 24.0 Å². The number of aliphatic imine (C=N–C) groups is 1. The Morgan fingerprint density at radius 3 is 2.76 bits per heavy atom. The minimum Gasteiger partial charge on any atom is -0.357 e. The first-order valence-corrected chi connectivity index (χ1v) is 10.6. The highest BCUT2D eigenvalue weighted by Crippen LogP contribution is 2.16. The second-order valence-electron chi connectivity index (χ2n) is 6.95. The summed E-state index contributed by atoms with van der Waals surface area (Å²) in [4.78, 5) is 17.7. The van der Waals surface area contributed by atoms with Crippen molar-refractivity contribution in [3.63, 3.8) is 0 Å². The number of non-ortho nitro benzene ring substituents is 1. The predicted molar refractivity (Wildman–Crippen MR) is 129 cm³/mol. The van der Waals surface area contributed by atoms with Gasteiger partial charge in [0.1, 0.15) is 0 Å². The number of hydrogen-bond acceptors (Lipinski definition) is 5. The van der Waals surface area contributed by atoms with Gasteiger partial charge in [-0.05, 0) is 47.7 Å². The fraction of sp³-hybridized carbons (Fsp3) is 0.450. The van der Waals surface area contributed by atoms with Gasteiger partial charge in [-0.3, -0.25) is 15.0 Å². The van der Waals surface area contributed by atoms with Crippen molar-refractivity contribution in [2.75, 3.05) is 19.6 Å². The number of piperidine rings is 1. The first-order valence-electron chi connectivity index (χ1n) is 9.65. The second-order valence-corrected chi connectivity index (χ2v) is 7.73. The number of benzene rings is 1. The van der Waals surface area contributed by atoms with Crippen molar-refractivity contribution < 1.29 is 4.92 Å². The zero-order valence-corrected chi connectivity index (χ0v) is 19.7. The fourth-order valence-corrected chi connectivity index (χ4v) is 3.99. The van der Waals surface area contributed by atoms with E-state index in [1.807, 2.05) is 13.0 Å². The Kier molecular flexibility index (Phi) is 9.82. The molecule has 1 aromatic carbocycles. The zero-order valence-electron chi connectivity index (χ0n) is 16.5. The van der Waals surface area contributed by atoms with Gasteiger partial charge in [0.15, 0.2) is 5.96 Å². The molecule has 1 fully saturated rings. The van der Waals surface area contributed by atoms with Gasteiger partial charge in [0.05, 0.1) is 11.5 Å². The summed E-state index contributed by atoms with van der Waals surface area (Å²) in [5.41, 5.74) is 2.32. The van der Waals surface area contributed by atoms with Gasteiger partial charge in [-0.2, -0.15) is 11.3 Å². The molecule has 2 aromatic rings. The molecule has 0 aliphatic carbocycles. The fourth-order valence-electron chi connectivity index (χ4n) is 3.33. The maximum Gasteiger partial charge on any atom is 0.269 e. The summed E-state index contributed by atoms with van der Waals surface area (Å²) in [5.74, 6) is 0.769. The van der Waals surface area contributed by atoms with Gasteiger partial charge in [0.2, 0.25) is 0 Å². The van der Waals surface area contributed by atoms with Crippen LogP contribution in [0.3, 0.4) is 0 Å². The maximum absolute atomic E-state index is 10.9. The number of likely N-dealkylation sites (tertiary alicyclic amines) is 1. The van der Waals surface area contributed by atoms with Gasteiger partial charge in [0, 0.05) is 44.4 Å². The Bertz CT molecular complexity index is 792. The van der Waals surface area contributed by atoms with E-state index in [1.54, 1.807) is 23.5 Å². The van der Waals surface area contributed by atoms with Crippen LogP contribution in [0.2, 0.25) is 0 Å². The average Bonchev–Trinajstić information content (AvgIpc) is 3.21. The number of nitrogens with one attached hydrogen (secondary N) is 2. The molecule has 29 heavy (non-hydrogen) atoms. The van der Waals surface area contributed by atoms with Crippen molar-refractivity contribution in [3.05, 3.63) is 62.3 Å².